The fourth-order valence-electron chi connectivity index (χ4n) is 5.51. The van der Waals surface area contributed by atoms with Crippen molar-refractivity contribution in [2.75, 3.05) is 11.4 Å². The second kappa shape index (κ2) is 6.78. The second-order valence-corrected chi connectivity index (χ2v) is 8.76. The molecule has 2 aromatic rings. The molecule has 0 spiro atoms. The fourth-order valence-corrected chi connectivity index (χ4v) is 5.69. The van der Waals surface area contributed by atoms with Crippen molar-refractivity contribution in [1.82, 2.24) is 0 Å². The van der Waals surface area contributed by atoms with Crippen LogP contribution in [0.1, 0.15) is 28.8 Å². The average molecular weight is 410 g/mol. The molecule has 3 aliphatic heterocycles. The normalized spacial score (nSPS) is 30.6. The summed E-state index contributed by atoms with van der Waals surface area (Å²) in [5, 5.41) is 0.473. The van der Waals surface area contributed by atoms with Gasteiger partial charge in [0.2, 0.25) is 17.6 Å². The third kappa shape index (κ3) is 2.75. The minimum atomic E-state index is -0.601. The predicted molar refractivity (Wildman–Crippen MR) is 109 cm³/mol. The van der Waals surface area contributed by atoms with Crippen LogP contribution in [0.4, 0.5) is 5.69 Å². The summed E-state index contributed by atoms with van der Waals surface area (Å²) in [7, 11) is 0. The molecule has 5 nitrogen and oxygen atoms in total. The van der Waals surface area contributed by atoms with Crippen molar-refractivity contribution in [3.63, 3.8) is 0 Å². The summed E-state index contributed by atoms with van der Waals surface area (Å²) in [4.78, 5) is 42.6. The summed E-state index contributed by atoms with van der Waals surface area (Å²) in [6.45, 7) is 2.81. The van der Waals surface area contributed by atoms with Crippen molar-refractivity contribution in [2.24, 2.45) is 11.8 Å². The van der Waals surface area contributed by atoms with Crippen molar-refractivity contribution in [3.05, 3.63) is 64.7 Å². The monoisotopic (exact) mass is 409 g/mol. The van der Waals surface area contributed by atoms with E-state index in [-0.39, 0.29) is 23.6 Å². The van der Waals surface area contributed by atoms with Gasteiger partial charge in [0.1, 0.15) is 17.9 Å². The maximum atomic E-state index is 13.5. The number of quaternary nitrogens is 1. The number of rotatable bonds is 3. The number of benzene rings is 2. The number of ketones is 1. The lowest BCUT2D eigenvalue weighted by Gasteiger charge is -2.25. The van der Waals surface area contributed by atoms with Crippen LogP contribution in [0.25, 0.3) is 0 Å². The molecule has 1 N–H and O–H groups in total. The Balaban J connectivity index is 1.55. The number of hydrogen-bond donors (Lipinski definition) is 1. The molecule has 6 heteroatoms. The molecule has 0 bridgehead atoms. The number of amides is 2. The molecule has 0 aromatic heterocycles. The van der Waals surface area contributed by atoms with Crippen molar-refractivity contribution in [2.45, 2.75) is 31.8 Å². The van der Waals surface area contributed by atoms with Crippen LogP contribution in [-0.4, -0.2) is 36.2 Å². The first-order chi connectivity index (χ1) is 14.0. The topological polar surface area (TPSA) is 58.9 Å². The molecule has 0 aliphatic carbocycles. The van der Waals surface area contributed by atoms with E-state index < -0.39 is 17.9 Å². The van der Waals surface area contributed by atoms with Gasteiger partial charge < -0.3 is 4.90 Å². The molecule has 0 radical (unpaired) electrons. The van der Waals surface area contributed by atoms with Gasteiger partial charge in [-0.3, -0.25) is 14.4 Å². The molecular weight excluding hydrogens is 388 g/mol. The SMILES string of the molecule is Cc1ccc(C(=O)[C@@H]2[C@H]3C(=O)N(c4cccc(Cl)c4)C(=O)[C@@H]3[C@H]3CCC[NH+]32)cc1. The molecular formula is C23H22ClN2O3+. The highest BCUT2D eigenvalue weighted by atomic mass is 35.5. The fraction of sp³-hybridized carbons (Fsp3) is 0.348. The number of carbonyl (C=O) groups excluding carboxylic acids is 3. The predicted octanol–water partition coefficient (Wildman–Crippen LogP) is 2.07. The van der Waals surface area contributed by atoms with Gasteiger partial charge in [-0.05, 0) is 25.1 Å². The Morgan fingerprint density at radius 1 is 1.07 bits per heavy atom. The molecule has 1 unspecified atom stereocenters. The van der Waals surface area contributed by atoms with Crippen molar-refractivity contribution in [1.29, 1.82) is 0 Å². The van der Waals surface area contributed by atoms with Crippen LogP contribution in [0.3, 0.4) is 0 Å². The van der Waals surface area contributed by atoms with Gasteiger partial charge in [-0.25, -0.2) is 4.90 Å². The maximum Gasteiger partial charge on any atom is 0.244 e. The number of aryl methyl sites for hydroxylation is 1. The smallest absolute Gasteiger partial charge is 0.244 e. The van der Waals surface area contributed by atoms with E-state index in [1.807, 2.05) is 31.2 Å². The van der Waals surface area contributed by atoms with Crippen LogP contribution in [-0.2, 0) is 9.59 Å². The minimum absolute atomic E-state index is 0.0278. The average Bonchev–Trinajstić information content (AvgIpc) is 3.34. The lowest BCUT2D eigenvalue weighted by atomic mass is 9.85. The van der Waals surface area contributed by atoms with Gasteiger partial charge in [0.25, 0.3) is 0 Å². The Labute approximate surface area is 174 Å². The van der Waals surface area contributed by atoms with E-state index in [4.69, 9.17) is 11.6 Å². The zero-order valence-electron chi connectivity index (χ0n) is 16.1. The Morgan fingerprint density at radius 2 is 1.79 bits per heavy atom. The number of Topliss-reactive ketones (excluding diaryl/α,β-unsaturated/α-hetero) is 1. The number of fused-ring (bicyclic) bond motifs is 3. The van der Waals surface area contributed by atoms with E-state index in [1.165, 1.54) is 4.90 Å². The molecule has 3 fully saturated rings. The van der Waals surface area contributed by atoms with E-state index >= 15 is 0 Å². The van der Waals surface area contributed by atoms with Gasteiger partial charge in [0.05, 0.1) is 12.2 Å². The van der Waals surface area contributed by atoms with Gasteiger partial charge in [-0.2, -0.15) is 0 Å². The first kappa shape index (κ1) is 18.5. The summed E-state index contributed by atoms with van der Waals surface area (Å²) >= 11 is 6.09. The van der Waals surface area contributed by atoms with E-state index in [0.29, 0.717) is 16.3 Å². The molecule has 3 heterocycles. The Hall–Kier alpha value is -2.50. The lowest BCUT2D eigenvalue weighted by Crippen LogP contribution is -3.16. The molecule has 2 amide bonds. The summed E-state index contributed by atoms with van der Waals surface area (Å²) in [5.41, 5.74) is 2.18. The van der Waals surface area contributed by atoms with Crippen molar-refractivity contribution in [3.8, 4) is 0 Å². The summed E-state index contributed by atoms with van der Waals surface area (Å²) < 4.78 is 0. The van der Waals surface area contributed by atoms with Gasteiger partial charge >= 0.3 is 0 Å². The Kier molecular flexibility index (Phi) is 4.33. The van der Waals surface area contributed by atoms with Crippen LogP contribution in [0.2, 0.25) is 5.02 Å². The third-order valence-corrected chi connectivity index (χ3v) is 6.97. The molecule has 2 aromatic carbocycles. The number of carbonyl (C=O) groups is 3. The molecule has 29 heavy (non-hydrogen) atoms. The first-order valence-corrected chi connectivity index (χ1v) is 10.4. The largest absolute Gasteiger partial charge is 0.322 e. The lowest BCUT2D eigenvalue weighted by molar-refractivity contribution is -0.915. The zero-order valence-corrected chi connectivity index (χ0v) is 16.9. The minimum Gasteiger partial charge on any atom is -0.322 e. The third-order valence-electron chi connectivity index (χ3n) is 6.73. The molecule has 3 aliphatic rings. The van der Waals surface area contributed by atoms with Crippen LogP contribution in [0.5, 0.6) is 0 Å². The van der Waals surface area contributed by atoms with Crippen LogP contribution in [0, 0.1) is 18.8 Å². The summed E-state index contributed by atoms with van der Waals surface area (Å²) in [6, 6.07) is 13.8. The van der Waals surface area contributed by atoms with Gasteiger partial charge in [-0.1, -0.05) is 47.5 Å². The highest BCUT2D eigenvalue weighted by Crippen LogP contribution is 2.40. The highest BCUT2D eigenvalue weighted by molar-refractivity contribution is 6.31. The van der Waals surface area contributed by atoms with Crippen molar-refractivity contribution < 1.29 is 19.3 Å². The Morgan fingerprint density at radius 3 is 2.52 bits per heavy atom. The van der Waals surface area contributed by atoms with Gasteiger partial charge in [0, 0.05) is 23.4 Å². The summed E-state index contributed by atoms with van der Waals surface area (Å²) in [5.74, 6) is -1.53. The summed E-state index contributed by atoms with van der Waals surface area (Å²) in [6.07, 6.45) is 1.84. The molecule has 0 saturated carbocycles. The Bertz CT molecular complexity index is 1020. The van der Waals surface area contributed by atoms with Gasteiger partial charge in [-0.15, -0.1) is 0 Å². The standard InChI is InChI=1S/C23H21ClN2O3/c1-13-7-9-14(10-8-13)21(27)20-19-18(17-6-3-11-25(17)20)22(28)26(23(19)29)16-5-2-4-15(24)12-16/h2,4-5,7-10,12,17-20H,3,6,11H2,1H3/p+1/t17-,18-,19+,20+/m1/s1. The number of anilines is 1. The molecule has 5 atom stereocenters. The van der Waals surface area contributed by atoms with Crippen LogP contribution in [0.15, 0.2) is 48.5 Å². The second-order valence-electron chi connectivity index (χ2n) is 8.32. The zero-order chi connectivity index (χ0) is 20.3. The van der Waals surface area contributed by atoms with Crippen molar-refractivity contribution >= 4 is 34.9 Å². The van der Waals surface area contributed by atoms with E-state index in [9.17, 15) is 14.4 Å². The van der Waals surface area contributed by atoms with Crippen LogP contribution < -0.4 is 9.80 Å². The highest BCUT2D eigenvalue weighted by Gasteiger charge is 2.68. The molecule has 5 rings (SSSR count). The maximum absolute atomic E-state index is 13.5. The number of halogens is 1. The number of imide groups is 1. The van der Waals surface area contributed by atoms with E-state index in [0.717, 1.165) is 29.8 Å². The molecule has 148 valence electrons. The number of nitrogens with one attached hydrogen (secondary N) is 1. The van der Waals surface area contributed by atoms with E-state index in [2.05, 4.69) is 0 Å². The first-order valence-electron chi connectivity index (χ1n) is 10.1. The number of hydrogen-bond acceptors (Lipinski definition) is 3. The number of nitrogens with zero attached hydrogens (tertiary/aromatic N) is 1. The quantitative estimate of drug-likeness (QED) is 0.623. The van der Waals surface area contributed by atoms with Gasteiger partial charge in [0.15, 0.2) is 6.04 Å². The van der Waals surface area contributed by atoms with Crippen LogP contribution >= 0.6 is 11.6 Å². The molecule has 3 saturated heterocycles. The van der Waals surface area contributed by atoms with E-state index in [1.54, 1.807) is 24.3 Å².